The summed E-state index contributed by atoms with van der Waals surface area (Å²) in [6.45, 7) is 6.04. The van der Waals surface area contributed by atoms with Crippen LogP contribution in [0.4, 0.5) is 14.5 Å². The van der Waals surface area contributed by atoms with E-state index in [-0.39, 0.29) is 41.0 Å². The number of piperazine rings is 1. The first kappa shape index (κ1) is 25.4. The number of fused-ring (bicyclic) bond motifs is 1. The lowest BCUT2D eigenvalue weighted by Crippen LogP contribution is -2.59. The quantitative estimate of drug-likeness (QED) is 0.437. The number of nitrogens with one attached hydrogen (secondary N) is 2. The molecule has 2 aliphatic rings. The number of aromatic nitrogens is 4. The Balaban J connectivity index is 1.63. The minimum Gasteiger partial charge on any atom is -0.383 e. The van der Waals surface area contributed by atoms with Crippen molar-refractivity contribution < 1.29 is 26.7 Å². The summed E-state index contributed by atoms with van der Waals surface area (Å²) in [5.74, 6) is 0.238. The van der Waals surface area contributed by atoms with E-state index < -0.39 is 27.0 Å². The van der Waals surface area contributed by atoms with E-state index in [1.807, 2.05) is 6.92 Å². The van der Waals surface area contributed by atoms with Crippen LogP contribution in [0.2, 0.25) is 0 Å². The number of ether oxygens (including phenoxy) is 2. The van der Waals surface area contributed by atoms with Crippen LogP contribution < -0.4 is 14.9 Å². The second kappa shape index (κ2) is 9.54. The van der Waals surface area contributed by atoms with E-state index >= 15 is 0 Å². The Hall–Kier alpha value is -2.30. The number of alkyl halides is 2. The Morgan fingerprint density at radius 3 is 2.78 bits per heavy atom. The van der Waals surface area contributed by atoms with Crippen LogP contribution in [0, 0.1) is 0 Å². The molecule has 0 saturated carbocycles. The molecule has 0 amide bonds. The maximum absolute atomic E-state index is 13.4. The highest BCUT2D eigenvalue weighted by Crippen LogP contribution is 2.34. The van der Waals surface area contributed by atoms with Gasteiger partial charge in [-0.3, -0.25) is 4.40 Å². The summed E-state index contributed by atoms with van der Waals surface area (Å²) >= 11 is 0.721. The van der Waals surface area contributed by atoms with Gasteiger partial charge in [-0.05, 0) is 19.9 Å². The maximum atomic E-state index is 13.4. The van der Waals surface area contributed by atoms with Gasteiger partial charge in [-0.1, -0.05) is 11.3 Å². The average Bonchev–Trinajstić information content (AvgIpc) is 3.44. The second-order valence-corrected chi connectivity index (χ2v) is 12.1. The van der Waals surface area contributed by atoms with Gasteiger partial charge in [0.15, 0.2) is 15.8 Å². The number of hydrogen-bond acceptors (Lipinski definition) is 10. The van der Waals surface area contributed by atoms with Gasteiger partial charge in [-0.15, -0.1) is 10.2 Å². The maximum Gasteiger partial charge on any atom is 0.291 e. The summed E-state index contributed by atoms with van der Waals surface area (Å²) in [4.78, 5) is 6.52. The van der Waals surface area contributed by atoms with Gasteiger partial charge in [0, 0.05) is 38.5 Å². The van der Waals surface area contributed by atoms with Crippen molar-refractivity contribution in [1.82, 2.24) is 29.6 Å². The molecule has 0 radical (unpaired) electrons. The summed E-state index contributed by atoms with van der Waals surface area (Å²) in [6, 6.07) is 1.77. The molecular formula is C21H27F2N7O4S2. The summed E-state index contributed by atoms with van der Waals surface area (Å²) in [7, 11) is -2.32. The zero-order chi connectivity index (χ0) is 25.7. The first-order valence-electron chi connectivity index (χ1n) is 11.3. The first-order valence-corrected chi connectivity index (χ1v) is 13.6. The molecule has 0 aliphatic carbocycles. The molecule has 15 heteroatoms. The van der Waals surface area contributed by atoms with Crippen molar-refractivity contribution >= 4 is 32.6 Å². The van der Waals surface area contributed by atoms with Crippen LogP contribution in [0.25, 0.3) is 16.3 Å². The Labute approximate surface area is 210 Å². The van der Waals surface area contributed by atoms with Crippen molar-refractivity contribution in [2.75, 3.05) is 44.9 Å². The molecule has 0 aromatic carbocycles. The zero-order valence-electron chi connectivity index (χ0n) is 19.9. The fourth-order valence-corrected chi connectivity index (χ4v) is 6.64. The summed E-state index contributed by atoms with van der Waals surface area (Å²) < 4.78 is 68.0. The molecule has 0 unspecified atom stereocenters. The van der Waals surface area contributed by atoms with Gasteiger partial charge in [0.05, 0.1) is 42.8 Å². The minimum atomic E-state index is -3.95. The van der Waals surface area contributed by atoms with E-state index in [0.717, 1.165) is 11.3 Å². The van der Waals surface area contributed by atoms with Gasteiger partial charge < -0.3 is 19.7 Å². The molecule has 5 rings (SSSR count). The summed E-state index contributed by atoms with van der Waals surface area (Å²) in [5, 5.41) is 10.7. The van der Waals surface area contributed by atoms with Crippen molar-refractivity contribution in [3.63, 3.8) is 0 Å². The Morgan fingerprint density at radius 1 is 1.36 bits per heavy atom. The molecule has 11 nitrogen and oxygen atoms in total. The predicted octanol–water partition coefficient (Wildman–Crippen LogP) is 1.67. The number of imidazole rings is 1. The molecule has 2 saturated heterocycles. The van der Waals surface area contributed by atoms with Crippen LogP contribution in [0.5, 0.6) is 0 Å². The lowest BCUT2D eigenvalue weighted by atomic mass is 10.0. The van der Waals surface area contributed by atoms with Gasteiger partial charge in [0.2, 0.25) is 10.0 Å². The molecule has 5 heterocycles. The zero-order valence-corrected chi connectivity index (χ0v) is 21.6. The largest absolute Gasteiger partial charge is 0.383 e. The van der Waals surface area contributed by atoms with E-state index in [2.05, 4.69) is 30.1 Å². The lowest BCUT2D eigenvalue weighted by molar-refractivity contribution is -0.0523. The topological polar surface area (TPSA) is 123 Å². The van der Waals surface area contributed by atoms with Crippen LogP contribution in [0.1, 0.15) is 25.3 Å². The number of nitrogens with zero attached hydrogens (tertiary/aromatic N) is 5. The first-order chi connectivity index (χ1) is 17.1. The van der Waals surface area contributed by atoms with Crippen molar-refractivity contribution in [2.45, 2.75) is 42.8 Å². The highest BCUT2D eigenvalue weighted by Gasteiger charge is 2.38. The Bertz CT molecular complexity index is 1360. The fourth-order valence-electron chi connectivity index (χ4n) is 4.55. The third-order valence-corrected chi connectivity index (χ3v) is 8.64. The highest BCUT2D eigenvalue weighted by molar-refractivity contribution is 7.89. The number of hydrogen-bond donors (Lipinski definition) is 2. The number of anilines is 1. The normalized spacial score (nSPS) is 22.3. The van der Waals surface area contributed by atoms with Crippen molar-refractivity contribution in [3.05, 3.63) is 23.5 Å². The number of halogens is 2. The van der Waals surface area contributed by atoms with Gasteiger partial charge in [-0.2, -0.15) is 0 Å². The molecule has 196 valence electrons. The van der Waals surface area contributed by atoms with Crippen LogP contribution in [-0.4, -0.2) is 85.6 Å². The molecule has 0 spiro atoms. The molecule has 2 aliphatic heterocycles. The predicted molar refractivity (Wildman–Crippen MR) is 129 cm³/mol. The average molecular weight is 544 g/mol. The van der Waals surface area contributed by atoms with Crippen LogP contribution in [0.15, 0.2) is 23.4 Å². The number of methoxy groups -OCH3 is 1. The molecule has 2 atom stereocenters. The molecule has 3 aromatic heterocycles. The fraction of sp³-hybridized carbons (Fsp3) is 0.571. The van der Waals surface area contributed by atoms with Crippen LogP contribution in [0.3, 0.4) is 0 Å². The standard InChI is InChI=1S/C21H27F2N7O4S2/c1-12-6-29(7-13(25-12)9-33-3)15-4-14(36(31,32)28-21(2)10-34-11-21)8-30-16(15)5-24-18(30)20-27-26-19(35-20)17(22)23/h4-5,8,12-13,17,25,28H,6-7,9-11H2,1-3H3/t12-,13+/m0/s1. The van der Waals surface area contributed by atoms with Crippen LogP contribution in [-0.2, 0) is 19.5 Å². The monoisotopic (exact) mass is 543 g/mol. The smallest absolute Gasteiger partial charge is 0.291 e. The molecule has 2 N–H and O–H groups in total. The van der Waals surface area contributed by atoms with E-state index in [4.69, 9.17) is 9.47 Å². The molecule has 2 fully saturated rings. The second-order valence-electron chi connectivity index (χ2n) is 9.43. The lowest BCUT2D eigenvalue weighted by Gasteiger charge is -2.39. The minimum absolute atomic E-state index is 0.0189. The van der Waals surface area contributed by atoms with E-state index in [0.29, 0.717) is 30.9 Å². The molecule has 3 aromatic rings. The van der Waals surface area contributed by atoms with E-state index in [1.54, 1.807) is 30.7 Å². The van der Waals surface area contributed by atoms with Crippen LogP contribution >= 0.6 is 11.3 Å². The molecule has 36 heavy (non-hydrogen) atoms. The molecular weight excluding hydrogens is 516 g/mol. The number of sulfonamides is 1. The SMILES string of the molecule is COC[C@H]1CN(c2cc(S(=O)(=O)NC3(C)COC3)cn3c(-c4nnc(C(F)F)s4)ncc23)C[C@H](C)N1. The van der Waals surface area contributed by atoms with Crippen molar-refractivity contribution in [2.24, 2.45) is 0 Å². The van der Waals surface area contributed by atoms with E-state index in [1.165, 1.54) is 6.20 Å². The van der Waals surface area contributed by atoms with Crippen molar-refractivity contribution in [1.29, 1.82) is 0 Å². The van der Waals surface area contributed by atoms with Gasteiger partial charge in [0.25, 0.3) is 6.43 Å². The third-order valence-electron chi connectivity index (χ3n) is 6.11. The number of rotatable bonds is 8. The number of pyridine rings is 1. The highest BCUT2D eigenvalue weighted by atomic mass is 32.2. The van der Waals surface area contributed by atoms with Gasteiger partial charge in [-0.25, -0.2) is 26.9 Å². The van der Waals surface area contributed by atoms with Gasteiger partial charge >= 0.3 is 0 Å². The van der Waals surface area contributed by atoms with Gasteiger partial charge in [0.1, 0.15) is 4.90 Å². The van der Waals surface area contributed by atoms with E-state index in [9.17, 15) is 17.2 Å². The Morgan fingerprint density at radius 2 is 2.14 bits per heavy atom. The summed E-state index contributed by atoms with van der Waals surface area (Å²) in [5.41, 5.74) is 0.574. The summed E-state index contributed by atoms with van der Waals surface area (Å²) in [6.07, 6.45) is 0.272. The third kappa shape index (κ3) is 4.82. The Kier molecular flexibility index (Phi) is 6.72. The molecule has 0 bridgehead atoms. The van der Waals surface area contributed by atoms with Crippen molar-refractivity contribution in [3.8, 4) is 10.8 Å².